The molecule has 0 bridgehead atoms. The van der Waals surface area contributed by atoms with Crippen LogP contribution in [0.25, 0.3) is 0 Å². The van der Waals surface area contributed by atoms with E-state index in [0.717, 1.165) is 18.0 Å². The number of benzene rings is 1. The second-order valence-corrected chi connectivity index (χ2v) is 3.50. The molecule has 0 radical (unpaired) electrons. The van der Waals surface area contributed by atoms with Crippen molar-refractivity contribution in [1.82, 2.24) is 9.97 Å². The highest BCUT2D eigenvalue weighted by Gasteiger charge is 2.05. The van der Waals surface area contributed by atoms with Gasteiger partial charge in [-0.15, -0.1) is 0 Å². The second-order valence-electron chi connectivity index (χ2n) is 3.50. The third-order valence-electron chi connectivity index (χ3n) is 2.27. The molecule has 0 amide bonds. The smallest absolute Gasteiger partial charge is 0.223 e. The van der Waals surface area contributed by atoms with Crippen LogP contribution in [0.15, 0.2) is 42.7 Å². The van der Waals surface area contributed by atoms with Gasteiger partial charge in [0, 0.05) is 0 Å². The molecule has 0 aliphatic carbocycles. The molecule has 1 atom stereocenters. The molecule has 82 valence electrons. The van der Waals surface area contributed by atoms with Crippen molar-refractivity contribution in [2.24, 2.45) is 0 Å². The molecule has 0 fully saturated rings. The molecular formula is C12H12FN3. The lowest BCUT2D eigenvalue weighted by atomic mass is 10.1. The fraction of sp³-hybridized carbons (Fsp3) is 0.167. The molecule has 0 saturated heterocycles. The van der Waals surface area contributed by atoms with Gasteiger partial charge in [0.1, 0.15) is 0 Å². The first-order valence-corrected chi connectivity index (χ1v) is 5.05. The van der Waals surface area contributed by atoms with E-state index in [9.17, 15) is 4.39 Å². The van der Waals surface area contributed by atoms with Crippen molar-refractivity contribution in [2.75, 3.05) is 5.32 Å². The van der Waals surface area contributed by atoms with Crippen molar-refractivity contribution in [3.8, 4) is 0 Å². The van der Waals surface area contributed by atoms with Crippen molar-refractivity contribution < 1.29 is 4.39 Å². The van der Waals surface area contributed by atoms with E-state index in [2.05, 4.69) is 15.3 Å². The Labute approximate surface area is 93.4 Å². The van der Waals surface area contributed by atoms with Gasteiger partial charge in [-0.2, -0.15) is 0 Å². The molecule has 16 heavy (non-hydrogen) atoms. The normalized spacial score (nSPS) is 12.1. The largest absolute Gasteiger partial charge is 0.348 e. The summed E-state index contributed by atoms with van der Waals surface area (Å²) in [6.07, 6.45) is 2.29. The van der Waals surface area contributed by atoms with Crippen LogP contribution in [-0.4, -0.2) is 9.97 Å². The van der Waals surface area contributed by atoms with Crippen LogP contribution in [0.2, 0.25) is 0 Å². The Hall–Kier alpha value is -1.97. The van der Waals surface area contributed by atoms with E-state index in [0.29, 0.717) is 5.95 Å². The lowest BCUT2D eigenvalue weighted by molar-refractivity contribution is 0.613. The van der Waals surface area contributed by atoms with Gasteiger partial charge in [-0.1, -0.05) is 30.3 Å². The first-order valence-electron chi connectivity index (χ1n) is 5.05. The average molecular weight is 217 g/mol. The van der Waals surface area contributed by atoms with Crippen molar-refractivity contribution in [1.29, 1.82) is 0 Å². The van der Waals surface area contributed by atoms with Crippen LogP contribution in [0.3, 0.4) is 0 Å². The maximum atomic E-state index is 12.6. The summed E-state index contributed by atoms with van der Waals surface area (Å²) < 4.78 is 12.6. The van der Waals surface area contributed by atoms with E-state index >= 15 is 0 Å². The van der Waals surface area contributed by atoms with Crippen molar-refractivity contribution in [3.05, 3.63) is 54.1 Å². The van der Waals surface area contributed by atoms with Gasteiger partial charge < -0.3 is 5.32 Å². The van der Waals surface area contributed by atoms with Gasteiger partial charge >= 0.3 is 0 Å². The molecule has 0 aliphatic heterocycles. The molecule has 2 aromatic rings. The molecule has 1 aromatic carbocycles. The SMILES string of the molecule is CC(Nc1ncc(F)cn1)c1ccccc1. The number of aromatic nitrogens is 2. The summed E-state index contributed by atoms with van der Waals surface area (Å²) in [6.45, 7) is 2.00. The molecule has 0 spiro atoms. The Morgan fingerprint density at radius 1 is 1.12 bits per heavy atom. The van der Waals surface area contributed by atoms with E-state index in [-0.39, 0.29) is 6.04 Å². The number of nitrogens with one attached hydrogen (secondary N) is 1. The summed E-state index contributed by atoms with van der Waals surface area (Å²) in [5, 5.41) is 3.10. The Kier molecular flexibility index (Phi) is 3.10. The fourth-order valence-electron chi connectivity index (χ4n) is 1.41. The first-order chi connectivity index (χ1) is 7.75. The average Bonchev–Trinajstić information content (AvgIpc) is 2.33. The standard InChI is InChI=1S/C12H12FN3/c1-9(10-5-3-2-4-6-10)16-12-14-7-11(13)8-15-12/h2-9H,1H3,(H,14,15,16). The van der Waals surface area contributed by atoms with Crippen molar-refractivity contribution in [2.45, 2.75) is 13.0 Å². The van der Waals surface area contributed by atoms with E-state index in [4.69, 9.17) is 0 Å². The van der Waals surface area contributed by atoms with Gasteiger partial charge in [-0.3, -0.25) is 0 Å². The maximum absolute atomic E-state index is 12.6. The van der Waals surface area contributed by atoms with Crippen molar-refractivity contribution in [3.63, 3.8) is 0 Å². The lowest BCUT2D eigenvalue weighted by Gasteiger charge is -2.13. The van der Waals surface area contributed by atoms with Crippen LogP contribution >= 0.6 is 0 Å². The zero-order valence-corrected chi connectivity index (χ0v) is 8.89. The number of rotatable bonds is 3. The third-order valence-corrected chi connectivity index (χ3v) is 2.27. The Morgan fingerprint density at radius 2 is 1.75 bits per heavy atom. The van der Waals surface area contributed by atoms with Crippen LogP contribution in [-0.2, 0) is 0 Å². The van der Waals surface area contributed by atoms with E-state index < -0.39 is 5.82 Å². The minimum Gasteiger partial charge on any atom is -0.348 e. The predicted octanol–water partition coefficient (Wildman–Crippen LogP) is 2.79. The van der Waals surface area contributed by atoms with Gasteiger partial charge in [0.2, 0.25) is 5.95 Å². The predicted molar refractivity (Wildman–Crippen MR) is 60.5 cm³/mol. The maximum Gasteiger partial charge on any atom is 0.223 e. The Balaban J connectivity index is 2.08. The van der Waals surface area contributed by atoms with Crippen LogP contribution in [0.4, 0.5) is 10.3 Å². The summed E-state index contributed by atoms with van der Waals surface area (Å²) in [4.78, 5) is 7.69. The first kappa shape index (κ1) is 10.5. The van der Waals surface area contributed by atoms with Crippen LogP contribution in [0, 0.1) is 5.82 Å². The van der Waals surface area contributed by atoms with Gasteiger partial charge in [-0.05, 0) is 12.5 Å². The van der Waals surface area contributed by atoms with Crippen LogP contribution in [0.5, 0.6) is 0 Å². The quantitative estimate of drug-likeness (QED) is 0.859. The molecule has 1 heterocycles. The highest BCUT2D eigenvalue weighted by atomic mass is 19.1. The molecular weight excluding hydrogens is 205 g/mol. The molecule has 0 saturated carbocycles. The van der Waals surface area contributed by atoms with Gasteiger partial charge in [0.25, 0.3) is 0 Å². The van der Waals surface area contributed by atoms with E-state index in [1.807, 2.05) is 37.3 Å². The molecule has 0 aliphatic rings. The third kappa shape index (κ3) is 2.53. The minimum absolute atomic E-state index is 0.0895. The van der Waals surface area contributed by atoms with Gasteiger partial charge in [0.05, 0.1) is 18.4 Å². The number of anilines is 1. The zero-order valence-electron chi connectivity index (χ0n) is 8.89. The summed E-state index contributed by atoms with van der Waals surface area (Å²) in [7, 11) is 0. The summed E-state index contributed by atoms with van der Waals surface area (Å²) in [5.74, 6) is -0.00401. The zero-order chi connectivity index (χ0) is 11.4. The lowest BCUT2D eigenvalue weighted by Crippen LogP contribution is -2.09. The highest BCUT2D eigenvalue weighted by molar-refractivity contribution is 5.30. The van der Waals surface area contributed by atoms with Gasteiger partial charge in [-0.25, -0.2) is 14.4 Å². The second kappa shape index (κ2) is 4.70. The molecule has 1 unspecified atom stereocenters. The number of hydrogen-bond donors (Lipinski definition) is 1. The number of halogens is 1. The summed E-state index contributed by atoms with van der Waals surface area (Å²) in [5.41, 5.74) is 1.13. The molecule has 3 nitrogen and oxygen atoms in total. The van der Waals surface area contributed by atoms with Crippen molar-refractivity contribution >= 4 is 5.95 Å². The Bertz CT molecular complexity index is 442. The number of nitrogens with zero attached hydrogens (tertiary/aromatic N) is 2. The van der Waals surface area contributed by atoms with Crippen LogP contribution in [0.1, 0.15) is 18.5 Å². The monoisotopic (exact) mass is 217 g/mol. The van der Waals surface area contributed by atoms with E-state index in [1.54, 1.807) is 0 Å². The summed E-state index contributed by atoms with van der Waals surface area (Å²) in [6, 6.07) is 10.0. The van der Waals surface area contributed by atoms with Gasteiger partial charge in [0.15, 0.2) is 5.82 Å². The minimum atomic E-state index is -0.432. The summed E-state index contributed by atoms with van der Waals surface area (Å²) >= 11 is 0. The molecule has 2 rings (SSSR count). The molecule has 1 aromatic heterocycles. The van der Waals surface area contributed by atoms with Crippen LogP contribution < -0.4 is 5.32 Å². The fourth-order valence-corrected chi connectivity index (χ4v) is 1.41. The molecule has 4 heteroatoms. The topological polar surface area (TPSA) is 37.8 Å². The molecule has 1 N–H and O–H groups in total. The number of hydrogen-bond acceptors (Lipinski definition) is 3. The Morgan fingerprint density at radius 3 is 2.38 bits per heavy atom. The highest BCUT2D eigenvalue weighted by Crippen LogP contribution is 2.15. The van der Waals surface area contributed by atoms with E-state index in [1.165, 1.54) is 0 Å².